The van der Waals surface area contributed by atoms with Gasteiger partial charge in [0, 0.05) is 24.5 Å². The molecule has 0 unspecified atom stereocenters. The van der Waals surface area contributed by atoms with Gasteiger partial charge in [-0.2, -0.15) is 0 Å². The van der Waals surface area contributed by atoms with E-state index in [0.717, 1.165) is 11.4 Å². The molecule has 4 aromatic rings. The minimum Gasteiger partial charge on any atom is -0.493 e. The van der Waals surface area contributed by atoms with Gasteiger partial charge in [-0.15, -0.1) is 0 Å². The van der Waals surface area contributed by atoms with Crippen molar-refractivity contribution in [2.24, 2.45) is 0 Å². The highest BCUT2D eigenvalue weighted by atomic mass is 16.5. The molecular formula is C32H32N2O4. The fourth-order valence-corrected chi connectivity index (χ4v) is 4.25. The van der Waals surface area contributed by atoms with Crippen molar-refractivity contribution in [1.82, 2.24) is 0 Å². The highest BCUT2D eigenvalue weighted by molar-refractivity contribution is 6.09. The molecular weight excluding hydrogens is 476 g/mol. The lowest BCUT2D eigenvalue weighted by molar-refractivity contribution is 0.0964. The Morgan fingerprint density at radius 1 is 0.526 bits per heavy atom. The molecule has 6 heteroatoms. The summed E-state index contributed by atoms with van der Waals surface area (Å²) in [6.07, 6.45) is 0. The average molecular weight is 509 g/mol. The molecule has 0 bridgehead atoms. The second-order valence-corrected chi connectivity index (χ2v) is 8.44. The van der Waals surface area contributed by atoms with E-state index < -0.39 is 0 Å². The summed E-state index contributed by atoms with van der Waals surface area (Å²) in [6, 6.07) is 33.4. The van der Waals surface area contributed by atoms with Crippen LogP contribution in [0.5, 0.6) is 11.5 Å². The van der Waals surface area contributed by atoms with Crippen molar-refractivity contribution in [3.63, 3.8) is 0 Å². The number of ether oxygens (including phenoxy) is 2. The first-order valence-corrected chi connectivity index (χ1v) is 12.8. The number of amides is 2. The van der Waals surface area contributed by atoms with Gasteiger partial charge in [0.25, 0.3) is 11.8 Å². The molecule has 0 radical (unpaired) electrons. The van der Waals surface area contributed by atoms with Crippen molar-refractivity contribution >= 4 is 23.2 Å². The first-order chi connectivity index (χ1) is 18.6. The van der Waals surface area contributed by atoms with Gasteiger partial charge < -0.3 is 19.3 Å². The molecule has 0 aliphatic heterocycles. The molecule has 0 heterocycles. The summed E-state index contributed by atoms with van der Waals surface area (Å²) in [5.41, 5.74) is 2.41. The molecule has 0 saturated heterocycles. The molecule has 0 aliphatic carbocycles. The summed E-state index contributed by atoms with van der Waals surface area (Å²) in [5, 5.41) is 0. The Kier molecular flexibility index (Phi) is 9.13. The largest absolute Gasteiger partial charge is 0.493 e. The second kappa shape index (κ2) is 13.1. The Morgan fingerprint density at radius 2 is 0.868 bits per heavy atom. The maximum absolute atomic E-state index is 13.9. The van der Waals surface area contributed by atoms with E-state index in [9.17, 15) is 9.59 Å². The predicted octanol–water partition coefficient (Wildman–Crippen LogP) is 6.48. The predicted molar refractivity (Wildman–Crippen MR) is 151 cm³/mol. The molecule has 38 heavy (non-hydrogen) atoms. The maximum Gasteiger partial charge on any atom is 0.262 e. The summed E-state index contributed by atoms with van der Waals surface area (Å²) in [4.78, 5) is 31.2. The average Bonchev–Trinajstić information content (AvgIpc) is 2.97. The Morgan fingerprint density at radius 3 is 1.24 bits per heavy atom. The zero-order valence-corrected chi connectivity index (χ0v) is 21.7. The first-order valence-electron chi connectivity index (χ1n) is 12.8. The third kappa shape index (κ3) is 6.21. The zero-order chi connectivity index (χ0) is 26.7. The Hall–Kier alpha value is -4.58. The number of hydrogen-bond acceptors (Lipinski definition) is 4. The second-order valence-electron chi connectivity index (χ2n) is 8.44. The minimum absolute atomic E-state index is 0.199. The smallest absolute Gasteiger partial charge is 0.262 e. The standard InChI is InChI=1S/C32H32N2O4/c1-3-37-29-21-13-11-19-27(29)31(35)33(25-15-7-5-8-16-25)23-24-34(26-17-9-6-10-18-26)32(36)28-20-12-14-22-30(28)38-4-2/h5-22H,3-4,23-24H2,1-2H3. The molecule has 0 aliphatic rings. The number of carbonyl (C=O) groups excluding carboxylic acids is 2. The first kappa shape index (κ1) is 26.5. The number of hydrogen-bond donors (Lipinski definition) is 0. The number of nitrogens with zero attached hydrogens (tertiary/aromatic N) is 2. The van der Waals surface area contributed by atoms with Gasteiger partial charge in [-0.05, 0) is 62.4 Å². The van der Waals surface area contributed by atoms with E-state index >= 15 is 0 Å². The van der Waals surface area contributed by atoms with Gasteiger partial charge in [-0.3, -0.25) is 9.59 Å². The van der Waals surface area contributed by atoms with Gasteiger partial charge >= 0.3 is 0 Å². The highest BCUT2D eigenvalue weighted by Crippen LogP contribution is 2.26. The van der Waals surface area contributed by atoms with Crippen LogP contribution in [-0.2, 0) is 0 Å². The minimum atomic E-state index is -0.199. The molecule has 4 aromatic carbocycles. The SMILES string of the molecule is CCOc1ccccc1C(=O)N(CCN(C(=O)c1ccccc1OCC)c1ccccc1)c1ccccc1. The third-order valence-electron chi connectivity index (χ3n) is 6.01. The Bertz CT molecular complexity index is 1240. The van der Waals surface area contributed by atoms with Crippen molar-refractivity contribution < 1.29 is 19.1 Å². The fraction of sp³-hybridized carbons (Fsp3) is 0.188. The number of rotatable bonds is 11. The molecule has 194 valence electrons. The lowest BCUT2D eigenvalue weighted by Crippen LogP contribution is -2.41. The van der Waals surface area contributed by atoms with E-state index in [1.807, 2.05) is 98.8 Å². The molecule has 0 aromatic heterocycles. The van der Waals surface area contributed by atoms with Crippen LogP contribution in [0.1, 0.15) is 34.6 Å². The summed E-state index contributed by atoms with van der Waals surface area (Å²) in [6.45, 7) is 5.21. The number of carbonyl (C=O) groups is 2. The van der Waals surface area contributed by atoms with Crippen LogP contribution in [0.3, 0.4) is 0 Å². The highest BCUT2D eigenvalue weighted by Gasteiger charge is 2.25. The lowest BCUT2D eigenvalue weighted by Gasteiger charge is -2.29. The molecule has 0 fully saturated rings. The molecule has 4 rings (SSSR count). The van der Waals surface area contributed by atoms with Crippen molar-refractivity contribution in [3.8, 4) is 11.5 Å². The van der Waals surface area contributed by atoms with Crippen LogP contribution in [0.4, 0.5) is 11.4 Å². The molecule has 6 nitrogen and oxygen atoms in total. The summed E-state index contributed by atoms with van der Waals surface area (Å²) in [5.74, 6) is 0.663. The lowest BCUT2D eigenvalue weighted by atomic mass is 10.1. The normalized spacial score (nSPS) is 10.5. The number of benzene rings is 4. The van der Waals surface area contributed by atoms with Gasteiger partial charge in [-0.25, -0.2) is 0 Å². The molecule has 0 saturated carbocycles. The van der Waals surface area contributed by atoms with Gasteiger partial charge in [0.15, 0.2) is 0 Å². The van der Waals surface area contributed by atoms with Gasteiger partial charge in [0.2, 0.25) is 0 Å². The van der Waals surface area contributed by atoms with Crippen LogP contribution in [-0.4, -0.2) is 38.1 Å². The topological polar surface area (TPSA) is 59.1 Å². The van der Waals surface area contributed by atoms with Crippen LogP contribution in [0, 0.1) is 0 Å². The summed E-state index contributed by atoms with van der Waals surface area (Å²) >= 11 is 0. The van der Waals surface area contributed by atoms with Crippen LogP contribution in [0.25, 0.3) is 0 Å². The van der Waals surface area contributed by atoms with E-state index in [2.05, 4.69) is 0 Å². The molecule has 0 spiro atoms. The van der Waals surface area contributed by atoms with Crippen LogP contribution < -0.4 is 19.3 Å². The van der Waals surface area contributed by atoms with E-state index in [4.69, 9.17) is 9.47 Å². The van der Waals surface area contributed by atoms with Gasteiger partial charge in [0.1, 0.15) is 11.5 Å². The van der Waals surface area contributed by atoms with E-state index in [1.165, 1.54) is 0 Å². The quantitative estimate of drug-likeness (QED) is 0.233. The van der Waals surface area contributed by atoms with Crippen LogP contribution in [0.2, 0.25) is 0 Å². The fourth-order valence-electron chi connectivity index (χ4n) is 4.25. The third-order valence-corrected chi connectivity index (χ3v) is 6.01. The molecule has 0 atom stereocenters. The monoisotopic (exact) mass is 508 g/mol. The molecule has 0 N–H and O–H groups in total. The molecule has 2 amide bonds. The van der Waals surface area contributed by atoms with Crippen LogP contribution in [0.15, 0.2) is 109 Å². The summed E-state index contributed by atoms with van der Waals surface area (Å²) in [7, 11) is 0. The van der Waals surface area contributed by atoms with Crippen molar-refractivity contribution in [3.05, 3.63) is 120 Å². The van der Waals surface area contributed by atoms with Crippen molar-refractivity contribution in [1.29, 1.82) is 0 Å². The van der Waals surface area contributed by atoms with Gasteiger partial charge in [-0.1, -0.05) is 60.7 Å². The number of para-hydroxylation sites is 4. The summed E-state index contributed by atoms with van der Waals surface area (Å²) < 4.78 is 11.5. The Balaban J connectivity index is 1.69. The van der Waals surface area contributed by atoms with Crippen molar-refractivity contribution in [2.45, 2.75) is 13.8 Å². The maximum atomic E-state index is 13.9. The van der Waals surface area contributed by atoms with E-state index in [-0.39, 0.29) is 24.9 Å². The van der Waals surface area contributed by atoms with Crippen molar-refractivity contribution in [2.75, 3.05) is 36.1 Å². The van der Waals surface area contributed by atoms with E-state index in [1.54, 1.807) is 34.1 Å². The van der Waals surface area contributed by atoms with Gasteiger partial charge in [0.05, 0.1) is 24.3 Å². The van der Waals surface area contributed by atoms with Crippen LogP contribution >= 0.6 is 0 Å². The number of anilines is 2. The Labute approximate surface area is 224 Å². The van der Waals surface area contributed by atoms with E-state index in [0.29, 0.717) is 35.8 Å². The zero-order valence-electron chi connectivity index (χ0n) is 21.7.